The summed E-state index contributed by atoms with van der Waals surface area (Å²) in [5.41, 5.74) is 0. The Labute approximate surface area is 107 Å². The van der Waals surface area contributed by atoms with Crippen molar-refractivity contribution in [2.45, 2.75) is 12.7 Å². The summed E-state index contributed by atoms with van der Waals surface area (Å²) in [6, 6.07) is 7.94. The highest BCUT2D eigenvalue weighted by Gasteiger charge is 2.11. The molecule has 0 unspecified atom stereocenters. The van der Waals surface area contributed by atoms with E-state index in [9.17, 15) is 8.42 Å². The first kappa shape index (κ1) is 12.1. The lowest BCUT2D eigenvalue weighted by molar-refractivity contribution is 0.597. The van der Waals surface area contributed by atoms with Crippen LogP contribution >= 0.6 is 27.3 Å². The van der Waals surface area contributed by atoms with E-state index in [1.54, 1.807) is 18.3 Å². The Balaban J connectivity index is 2.40. The van der Waals surface area contributed by atoms with Crippen LogP contribution in [0.5, 0.6) is 0 Å². The fourth-order valence-corrected chi connectivity index (χ4v) is 4.17. The van der Waals surface area contributed by atoms with Crippen molar-refractivity contribution >= 4 is 47.2 Å². The summed E-state index contributed by atoms with van der Waals surface area (Å²) in [5.74, 6) is 0.353. The largest absolute Gasteiger partial charge is 0.228 e. The molecule has 0 saturated carbocycles. The lowest BCUT2D eigenvalue weighted by Crippen LogP contribution is -2.04. The van der Waals surface area contributed by atoms with Gasteiger partial charge in [0.2, 0.25) is 0 Å². The molecule has 0 aliphatic rings. The van der Waals surface area contributed by atoms with Gasteiger partial charge in [-0.3, -0.25) is 0 Å². The molecular weight excluding hydrogens is 308 g/mol. The first-order chi connectivity index (χ1) is 7.50. The summed E-state index contributed by atoms with van der Waals surface area (Å²) in [4.78, 5) is 0.912. The Morgan fingerprint density at radius 1 is 1.31 bits per heavy atom. The summed E-state index contributed by atoms with van der Waals surface area (Å²) in [6.45, 7) is 1.68. The van der Waals surface area contributed by atoms with Gasteiger partial charge in [-0.25, -0.2) is 8.42 Å². The molecule has 0 N–H and O–H groups in total. The van der Waals surface area contributed by atoms with Crippen molar-refractivity contribution in [3.05, 3.63) is 33.6 Å². The maximum atomic E-state index is 11.5. The van der Waals surface area contributed by atoms with Crippen LogP contribution in [0, 0.1) is 0 Å². The summed E-state index contributed by atoms with van der Waals surface area (Å²) in [5, 5.41) is 1.10. The first-order valence-corrected chi connectivity index (χ1v) is 8.31. The molecule has 0 spiro atoms. The Bertz CT molecular complexity index is 614. The normalized spacial score (nSPS) is 12.1. The molecule has 1 aromatic heterocycles. The quantitative estimate of drug-likeness (QED) is 0.866. The van der Waals surface area contributed by atoms with Gasteiger partial charge in [-0.15, -0.1) is 11.3 Å². The van der Waals surface area contributed by atoms with E-state index >= 15 is 0 Å². The number of fused-ring (bicyclic) bond motifs is 1. The molecule has 0 aliphatic carbocycles. The van der Waals surface area contributed by atoms with Crippen LogP contribution in [0.25, 0.3) is 10.1 Å². The second-order valence-electron chi connectivity index (χ2n) is 3.57. The van der Waals surface area contributed by atoms with E-state index < -0.39 is 9.84 Å². The molecular formula is C11H11BrO2S2. The minimum absolute atomic E-state index is 0.153. The molecule has 1 aromatic carbocycles. The SMILES string of the molecule is CCS(=O)(=O)Cc1cc2cc(Br)ccc2s1. The monoisotopic (exact) mass is 318 g/mol. The molecule has 0 bridgehead atoms. The third-order valence-corrected chi connectivity index (χ3v) is 5.75. The minimum Gasteiger partial charge on any atom is -0.228 e. The molecule has 0 fully saturated rings. The van der Waals surface area contributed by atoms with Crippen LogP contribution in [0.1, 0.15) is 11.8 Å². The van der Waals surface area contributed by atoms with Crippen molar-refractivity contribution in [1.82, 2.24) is 0 Å². The number of thiophene rings is 1. The van der Waals surface area contributed by atoms with Crippen LogP contribution in [0.15, 0.2) is 28.7 Å². The lowest BCUT2D eigenvalue weighted by atomic mass is 10.2. The van der Waals surface area contributed by atoms with Gasteiger partial charge in [-0.1, -0.05) is 22.9 Å². The molecule has 86 valence electrons. The van der Waals surface area contributed by atoms with Crippen molar-refractivity contribution in [3.8, 4) is 0 Å². The summed E-state index contributed by atoms with van der Waals surface area (Å²) in [7, 11) is -2.93. The van der Waals surface area contributed by atoms with Crippen LogP contribution in [0.2, 0.25) is 0 Å². The van der Waals surface area contributed by atoms with E-state index in [2.05, 4.69) is 15.9 Å². The van der Waals surface area contributed by atoms with Crippen LogP contribution < -0.4 is 0 Å². The highest BCUT2D eigenvalue weighted by Crippen LogP contribution is 2.29. The maximum absolute atomic E-state index is 11.5. The van der Waals surface area contributed by atoms with E-state index in [1.165, 1.54) is 0 Å². The molecule has 0 aliphatic heterocycles. The highest BCUT2D eigenvalue weighted by molar-refractivity contribution is 9.10. The topological polar surface area (TPSA) is 34.1 Å². The minimum atomic E-state index is -2.93. The predicted octanol–water partition coefficient (Wildman–Crippen LogP) is 3.60. The van der Waals surface area contributed by atoms with Crippen molar-refractivity contribution in [2.75, 3.05) is 5.75 Å². The van der Waals surface area contributed by atoms with Gasteiger partial charge in [0.05, 0.1) is 5.75 Å². The molecule has 0 amide bonds. The Kier molecular flexibility index (Phi) is 3.37. The molecule has 0 saturated heterocycles. The van der Waals surface area contributed by atoms with Gasteiger partial charge in [0.15, 0.2) is 9.84 Å². The van der Waals surface area contributed by atoms with E-state index in [0.717, 1.165) is 19.4 Å². The van der Waals surface area contributed by atoms with Crippen molar-refractivity contribution < 1.29 is 8.42 Å². The van der Waals surface area contributed by atoms with E-state index in [-0.39, 0.29) is 11.5 Å². The standard InChI is InChI=1S/C11H11BrO2S2/c1-2-16(13,14)7-10-6-8-5-9(12)3-4-11(8)15-10/h3-6H,2,7H2,1H3. The van der Waals surface area contributed by atoms with Crippen LogP contribution in [-0.4, -0.2) is 14.2 Å². The summed E-state index contributed by atoms with van der Waals surface area (Å²) < 4.78 is 25.2. The number of sulfone groups is 1. The zero-order valence-electron chi connectivity index (χ0n) is 8.73. The van der Waals surface area contributed by atoms with Gasteiger partial charge in [0, 0.05) is 19.8 Å². The predicted molar refractivity (Wildman–Crippen MR) is 72.7 cm³/mol. The van der Waals surface area contributed by atoms with Crippen LogP contribution in [0.3, 0.4) is 0 Å². The molecule has 2 rings (SSSR count). The number of rotatable bonds is 3. The fraction of sp³-hybridized carbons (Fsp3) is 0.273. The number of halogens is 1. The van der Waals surface area contributed by atoms with E-state index in [1.807, 2.05) is 24.3 Å². The van der Waals surface area contributed by atoms with Gasteiger partial charge in [-0.05, 0) is 29.7 Å². The zero-order chi connectivity index (χ0) is 11.8. The van der Waals surface area contributed by atoms with Gasteiger partial charge < -0.3 is 0 Å². The lowest BCUT2D eigenvalue weighted by Gasteiger charge is -1.96. The molecule has 0 atom stereocenters. The molecule has 2 nitrogen and oxygen atoms in total. The maximum Gasteiger partial charge on any atom is 0.154 e. The molecule has 0 radical (unpaired) electrons. The van der Waals surface area contributed by atoms with Gasteiger partial charge >= 0.3 is 0 Å². The third-order valence-electron chi connectivity index (χ3n) is 2.33. The molecule has 1 heterocycles. The number of hydrogen-bond donors (Lipinski definition) is 0. The molecule has 2 aromatic rings. The van der Waals surface area contributed by atoms with Gasteiger partial charge in [0.25, 0.3) is 0 Å². The summed E-state index contributed by atoms with van der Waals surface area (Å²) in [6.07, 6.45) is 0. The average molecular weight is 319 g/mol. The van der Waals surface area contributed by atoms with Crippen LogP contribution in [-0.2, 0) is 15.6 Å². The van der Waals surface area contributed by atoms with Crippen molar-refractivity contribution in [1.29, 1.82) is 0 Å². The summed E-state index contributed by atoms with van der Waals surface area (Å²) >= 11 is 4.95. The number of hydrogen-bond acceptors (Lipinski definition) is 3. The van der Waals surface area contributed by atoms with Crippen molar-refractivity contribution in [2.24, 2.45) is 0 Å². The number of benzene rings is 1. The van der Waals surface area contributed by atoms with E-state index in [0.29, 0.717) is 0 Å². The second kappa shape index (κ2) is 4.47. The highest BCUT2D eigenvalue weighted by atomic mass is 79.9. The Morgan fingerprint density at radius 3 is 2.75 bits per heavy atom. The first-order valence-electron chi connectivity index (χ1n) is 4.88. The zero-order valence-corrected chi connectivity index (χ0v) is 12.0. The van der Waals surface area contributed by atoms with Gasteiger partial charge in [-0.2, -0.15) is 0 Å². The second-order valence-corrected chi connectivity index (χ2v) is 8.01. The Hall–Kier alpha value is -0.390. The molecule has 16 heavy (non-hydrogen) atoms. The van der Waals surface area contributed by atoms with Crippen LogP contribution in [0.4, 0.5) is 0 Å². The Morgan fingerprint density at radius 2 is 2.06 bits per heavy atom. The average Bonchev–Trinajstić information content (AvgIpc) is 2.58. The van der Waals surface area contributed by atoms with E-state index in [4.69, 9.17) is 0 Å². The van der Waals surface area contributed by atoms with Crippen molar-refractivity contribution in [3.63, 3.8) is 0 Å². The van der Waals surface area contributed by atoms with Gasteiger partial charge in [0.1, 0.15) is 0 Å². The third kappa shape index (κ3) is 2.64. The fourth-order valence-electron chi connectivity index (χ4n) is 1.46. The molecule has 5 heteroatoms. The smallest absolute Gasteiger partial charge is 0.154 e.